The van der Waals surface area contributed by atoms with Gasteiger partial charge < -0.3 is 14.6 Å². The Bertz CT molecular complexity index is 711. The van der Waals surface area contributed by atoms with Crippen LogP contribution in [0.1, 0.15) is 36.5 Å². The zero-order chi connectivity index (χ0) is 17.5. The van der Waals surface area contributed by atoms with Crippen LogP contribution in [0.5, 0.6) is 0 Å². The molecule has 0 radical (unpaired) electrons. The number of ether oxygens (including phenoxy) is 1. The minimum absolute atomic E-state index is 0.300. The van der Waals surface area contributed by atoms with Gasteiger partial charge in [-0.1, -0.05) is 18.2 Å². The molecular weight excluding hydrogens is 311 g/mol. The zero-order valence-electron chi connectivity index (χ0n) is 14.0. The van der Waals surface area contributed by atoms with Gasteiger partial charge >= 0.3 is 5.97 Å². The Morgan fingerprint density at radius 2 is 2.00 bits per heavy atom. The number of amides is 1. The van der Waals surface area contributed by atoms with Crippen molar-refractivity contribution in [1.29, 1.82) is 0 Å². The van der Waals surface area contributed by atoms with Gasteiger partial charge in [-0.3, -0.25) is 9.18 Å². The Morgan fingerprint density at radius 3 is 2.71 bits per heavy atom. The maximum Gasteiger partial charge on any atom is 0.328 e. The van der Waals surface area contributed by atoms with E-state index in [9.17, 15) is 14.0 Å². The highest BCUT2D eigenvalue weighted by Gasteiger charge is 2.20. The highest BCUT2D eigenvalue weighted by Crippen LogP contribution is 2.22. The Kier molecular flexibility index (Phi) is 6.35. The lowest BCUT2D eigenvalue weighted by Gasteiger charge is -2.10. The third-order valence-electron chi connectivity index (χ3n) is 3.97. The minimum atomic E-state index is -0.714. The van der Waals surface area contributed by atoms with Crippen LogP contribution in [-0.4, -0.2) is 36.3 Å². The number of nitrogens with one attached hydrogen (secondary N) is 1. The fourth-order valence-electron chi connectivity index (χ4n) is 2.68. The second-order valence-electron chi connectivity index (χ2n) is 5.72. The minimum Gasteiger partial charge on any atom is -0.467 e. The Balaban J connectivity index is 2.20. The molecule has 130 valence electrons. The van der Waals surface area contributed by atoms with Crippen LogP contribution in [0.4, 0.5) is 4.39 Å². The van der Waals surface area contributed by atoms with Gasteiger partial charge in [0.05, 0.1) is 19.3 Å². The van der Waals surface area contributed by atoms with Crippen LogP contribution in [0.3, 0.4) is 0 Å². The van der Waals surface area contributed by atoms with Gasteiger partial charge in [0.15, 0.2) is 0 Å². The first-order valence-electron chi connectivity index (χ1n) is 8.11. The van der Waals surface area contributed by atoms with Crippen LogP contribution in [-0.2, 0) is 16.1 Å². The third-order valence-corrected chi connectivity index (χ3v) is 3.97. The van der Waals surface area contributed by atoms with E-state index in [2.05, 4.69) is 10.1 Å². The molecule has 0 aliphatic rings. The fourth-order valence-corrected chi connectivity index (χ4v) is 2.68. The van der Waals surface area contributed by atoms with Crippen LogP contribution in [0.2, 0.25) is 0 Å². The molecule has 1 aromatic carbocycles. The number of fused-ring (bicyclic) bond motifs is 1. The van der Waals surface area contributed by atoms with Crippen molar-refractivity contribution in [3.63, 3.8) is 0 Å². The number of alkyl halides is 1. The van der Waals surface area contributed by atoms with Gasteiger partial charge in [0.1, 0.15) is 6.04 Å². The summed E-state index contributed by atoms with van der Waals surface area (Å²) in [5.41, 5.74) is 1.47. The van der Waals surface area contributed by atoms with Crippen molar-refractivity contribution in [2.24, 2.45) is 0 Å². The van der Waals surface area contributed by atoms with E-state index in [1.165, 1.54) is 7.11 Å². The molecule has 0 saturated carbocycles. The number of carbonyl (C=O) groups is 2. The molecule has 1 aromatic heterocycles. The van der Waals surface area contributed by atoms with Crippen molar-refractivity contribution >= 4 is 22.8 Å². The smallest absolute Gasteiger partial charge is 0.328 e. The molecule has 0 unspecified atom stereocenters. The Labute approximate surface area is 140 Å². The number of rotatable bonds is 8. The number of halogens is 1. The van der Waals surface area contributed by atoms with Gasteiger partial charge in [0, 0.05) is 23.6 Å². The highest BCUT2D eigenvalue weighted by molar-refractivity contribution is 6.07. The second kappa shape index (κ2) is 8.47. The molecule has 0 spiro atoms. The molecule has 5 nitrogen and oxygen atoms in total. The predicted molar refractivity (Wildman–Crippen MR) is 90.7 cm³/mol. The average Bonchev–Trinajstić information content (AvgIpc) is 2.97. The van der Waals surface area contributed by atoms with Gasteiger partial charge in [0.2, 0.25) is 0 Å². The molecule has 1 N–H and O–H groups in total. The predicted octanol–water partition coefficient (Wildman–Crippen LogP) is 3.07. The normalized spacial score (nSPS) is 12.1. The number of aryl methyl sites for hydroxylation is 1. The molecule has 1 atom stereocenters. The number of hydrogen-bond donors (Lipinski definition) is 1. The first-order chi connectivity index (χ1) is 11.6. The van der Waals surface area contributed by atoms with Crippen molar-refractivity contribution in [1.82, 2.24) is 9.88 Å². The number of nitrogens with zero attached hydrogens (tertiary/aromatic N) is 1. The summed E-state index contributed by atoms with van der Waals surface area (Å²) in [6.07, 6.45) is 4.01. The number of benzene rings is 1. The lowest BCUT2D eigenvalue weighted by atomic mass is 10.1. The van der Waals surface area contributed by atoms with Gasteiger partial charge in [-0.25, -0.2) is 4.79 Å². The molecule has 0 bridgehead atoms. The first kappa shape index (κ1) is 18.0. The maximum absolute atomic E-state index is 12.5. The molecule has 1 amide bonds. The summed E-state index contributed by atoms with van der Waals surface area (Å²) in [6.45, 7) is 2.01. The van der Waals surface area contributed by atoms with Crippen molar-refractivity contribution in [2.45, 2.75) is 38.8 Å². The molecule has 24 heavy (non-hydrogen) atoms. The van der Waals surface area contributed by atoms with Gasteiger partial charge in [-0.05, 0) is 32.3 Å². The SMILES string of the molecule is COC(=O)[C@@H](C)NC(=O)c1cn(CCCCCF)c2ccccc12. The molecule has 2 rings (SSSR count). The number of para-hydroxylation sites is 1. The van der Waals surface area contributed by atoms with E-state index in [1.54, 1.807) is 13.1 Å². The second-order valence-corrected chi connectivity index (χ2v) is 5.72. The largest absolute Gasteiger partial charge is 0.467 e. The number of aromatic nitrogens is 1. The number of unbranched alkanes of at least 4 members (excludes halogenated alkanes) is 2. The van der Waals surface area contributed by atoms with Crippen LogP contribution in [0.25, 0.3) is 10.9 Å². The highest BCUT2D eigenvalue weighted by atomic mass is 19.1. The molecule has 0 aliphatic heterocycles. The molecule has 0 aliphatic carbocycles. The summed E-state index contributed by atoms with van der Waals surface area (Å²) < 4.78 is 18.8. The summed E-state index contributed by atoms with van der Waals surface area (Å²) in [5, 5.41) is 3.48. The summed E-state index contributed by atoms with van der Waals surface area (Å²) in [6, 6.07) is 6.90. The van der Waals surface area contributed by atoms with E-state index in [1.807, 2.05) is 28.8 Å². The molecule has 0 saturated heterocycles. The van der Waals surface area contributed by atoms with E-state index >= 15 is 0 Å². The lowest BCUT2D eigenvalue weighted by molar-refractivity contribution is -0.142. The lowest BCUT2D eigenvalue weighted by Crippen LogP contribution is -2.39. The van der Waals surface area contributed by atoms with E-state index < -0.39 is 12.0 Å². The molecule has 2 aromatic rings. The number of esters is 1. The van der Waals surface area contributed by atoms with Gasteiger partial charge in [-0.2, -0.15) is 0 Å². The Morgan fingerprint density at radius 1 is 1.25 bits per heavy atom. The van der Waals surface area contributed by atoms with E-state index in [0.717, 1.165) is 30.3 Å². The topological polar surface area (TPSA) is 60.3 Å². The van der Waals surface area contributed by atoms with Crippen molar-refractivity contribution in [3.05, 3.63) is 36.0 Å². The third kappa shape index (κ3) is 4.13. The number of hydrogen-bond acceptors (Lipinski definition) is 3. The monoisotopic (exact) mass is 334 g/mol. The Hall–Kier alpha value is -2.37. The number of methoxy groups -OCH3 is 1. The summed E-state index contributed by atoms with van der Waals surface area (Å²) in [7, 11) is 1.29. The molecule has 1 heterocycles. The van der Waals surface area contributed by atoms with Crippen LogP contribution < -0.4 is 5.32 Å². The van der Waals surface area contributed by atoms with Crippen molar-refractivity contribution < 1.29 is 18.7 Å². The summed E-state index contributed by atoms with van der Waals surface area (Å²) in [4.78, 5) is 24.0. The first-order valence-corrected chi connectivity index (χ1v) is 8.11. The van der Waals surface area contributed by atoms with Crippen LogP contribution in [0, 0.1) is 0 Å². The van der Waals surface area contributed by atoms with Crippen molar-refractivity contribution in [3.8, 4) is 0 Å². The molecule has 6 heteroatoms. The standard InChI is InChI=1S/C18H23FN2O3/c1-13(18(23)24-2)20-17(22)15-12-21(11-7-3-6-10-19)16-9-5-4-8-14(15)16/h4-5,8-9,12-13H,3,6-7,10-11H2,1-2H3,(H,20,22)/t13-/m1/s1. The molecule has 0 fully saturated rings. The van der Waals surface area contributed by atoms with E-state index in [-0.39, 0.29) is 12.6 Å². The van der Waals surface area contributed by atoms with E-state index in [4.69, 9.17) is 0 Å². The summed E-state index contributed by atoms with van der Waals surface area (Å²) in [5.74, 6) is -0.801. The quantitative estimate of drug-likeness (QED) is 0.596. The van der Waals surface area contributed by atoms with Crippen LogP contribution >= 0.6 is 0 Å². The maximum atomic E-state index is 12.5. The zero-order valence-corrected chi connectivity index (χ0v) is 14.0. The number of carbonyl (C=O) groups excluding carboxylic acids is 2. The molecular formula is C18H23FN2O3. The van der Waals surface area contributed by atoms with E-state index in [0.29, 0.717) is 12.0 Å². The average molecular weight is 334 g/mol. The fraction of sp³-hybridized carbons (Fsp3) is 0.444. The van der Waals surface area contributed by atoms with Crippen LogP contribution in [0.15, 0.2) is 30.5 Å². The van der Waals surface area contributed by atoms with Gasteiger partial charge in [-0.15, -0.1) is 0 Å². The van der Waals surface area contributed by atoms with Crippen molar-refractivity contribution in [2.75, 3.05) is 13.8 Å². The van der Waals surface area contributed by atoms with Gasteiger partial charge in [0.25, 0.3) is 5.91 Å². The summed E-state index contributed by atoms with van der Waals surface area (Å²) >= 11 is 0.